The molecule has 0 saturated carbocycles. The smallest absolute Gasteiger partial charge is 0.274 e. The SMILES string of the molecule is Cc1cnc(C(=O)N2CCC3(CCC(N(C)C)c4ccccc43)CC2)cn1. The van der Waals surface area contributed by atoms with Crippen molar-refractivity contribution in [3.63, 3.8) is 0 Å². The van der Waals surface area contributed by atoms with Gasteiger partial charge in [0.1, 0.15) is 5.69 Å². The Morgan fingerprint density at radius 1 is 1.11 bits per heavy atom. The van der Waals surface area contributed by atoms with Crippen molar-refractivity contribution in [2.75, 3.05) is 27.2 Å². The Morgan fingerprint density at radius 2 is 1.85 bits per heavy atom. The fraction of sp³-hybridized carbons (Fsp3) is 0.500. The Labute approximate surface area is 161 Å². The number of aromatic nitrogens is 2. The zero-order valence-corrected chi connectivity index (χ0v) is 16.5. The van der Waals surface area contributed by atoms with Crippen molar-refractivity contribution in [1.29, 1.82) is 0 Å². The first-order valence-electron chi connectivity index (χ1n) is 9.84. The third-order valence-electron chi connectivity index (χ3n) is 6.42. The molecule has 2 aliphatic rings. The number of likely N-dealkylation sites (tertiary alicyclic amines) is 1. The summed E-state index contributed by atoms with van der Waals surface area (Å²) in [6.07, 6.45) is 7.68. The van der Waals surface area contributed by atoms with Crippen LogP contribution in [-0.2, 0) is 5.41 Å². The molecule has 1 atom stereocenters. The van der Waals surface area contributed by atoms with E-state index < -0.39 is 0 Å². The zero-order chi connectivity index (χ0) is 19.0. The van der Waals surface area contributed by atoms with Crippen molar-refractivity contribution in [3.05, 3.63) is 59.2 Å². The van der Waals surface area contributed by atoms with E-state index in [2.05, 4.69) is 53.2 Å². The van der Waals surface area contributed by atoms with Gasteiger partial charge in [0, 0.05) is 25.3 Å². The number of aryl methyl sites for hydroxylation is 1. The second-order valence-electron chi connectivity index (χ2n) is 8.22. The molecule has 1 spiro atoms. The molecule has 4 rings (SSSR count). The van der Waals surface area contributed by atoms with Crippen molar-refractivity contribution < 1.29 is 4.79 Å². The molecule has 1 saturated heterocycles. The molecule has 1 aliphatic heterocycles. The van der Waals surface area contributed by atoms with Gasteiger partial charge in [-0.15, -0.1) is 0 Å². The molecule has 1 unspecified atom stereocenters. The van der Waals surface area contributed by atoms with E-state index in [9.17, 15) is 4.79 Å². The number of amides is 1. The highest BCUT2D eigenvalue weighted by molar-refractivity contribution is 5.92. The number of benzene rings is 1. The number of piperidine rings is 1. The number of nitrogens with zero attached hydrogens (tertiary/aromatic N) is 4. The maximum Gasteiger partial charge on any atom is 0.274 e. The molecule has 5 heteroatoms. The topological polar surface area (TPSA) is 49.3 Å². The highest BCUT2D eigenvalue weighted by Gasteiger charge is 2.43. The fourth-order valence-electron chi connectivity index (χ4n) is 4.83. The van der Waals surface area contributed by atoms with Crippen LogP contribution in [0, 0.1) is 6.92 Å². The van der Waals surface area contributed by atoms with Crippen LogP contribution in [0.4, 0.5) is 0 Å². The van der Waals surface area contributed by atoms with E-state index >= 15 is 0 Å². The van der Waals surface area contributed by atoms with Gasteiger partial charge in [0.15, 0.2) is 0 Å². The van der Waals surface area contributed by atoms with Gasteiger partial charge in [0.25, 0.3) is 5.91 Å². The van der Waals surface area contributed by atoms with Gasteiger partial charge >= 0.3 is 0 Å². The average Bonchev–Trinajstić information content (AvgIpc) is 2.69. The second-order valence-corrected chi connectivity index (χ2v) is 8.22. The first-order valence-corrected chi connectivity index (χ1v) is 9.84. The second kappa shape index (κ2) is 7.04. The summed E-state index contributed by atoms with van der Waals surface area (Å²) in [5.74, 6) is 0.00705. The van der Waals surface area contributed by atoms with Crippen LogP contribution in [0.2, 0.25) is 0 Å². The number of hydrogen-bond acceptors (Lipinski definition) is 4. The number of carbonyl (C=O) groups excluding carboxylic acids is 1. The van der Waals surface area contributed by atoms with Gasteiger partial charge in [-0.05, 0) is 63.2 Å². The van der Waals surface area contributed by atoms with Crippen molar-refractivity contribution in [2.45, 2.75) is 44.1 Å². The highest BCUT2D eigenvalue weighted by Crippen LogP contribution is 2.49. The van der Waals surface area contributed by atoms with E-state index in [-0.39, 0.29) is 11.3 Å². The van der Waals surface area contributed by atoms with Crippen LogP contribution in [0.15, 0.2) is 36.7 Å². The van der Waals surface area contributed by atoms with Gasteiger partial charge in [-0.3, -0.25) is 9.78 Å². The lowest BCUT2D eigenvalue weighted by Gasteiger charge is -2.48. The van der Waals surface area contributed by atoms with Crippen molar-refractivity contribution in [3.8, 4) is 0 Å². The fourth-order valence-corrected chi connectivity index (χ4v) is 4.83. The Kier molecular flexibility index (Phi) is 4.72. The zero-order valence-electron chi connectivity index (χ0n) is 16.5. The molecular formula is C22H28N4O. The summed E-state index contributed by atoms with van der Waals surface area (Å²) in [6.45, 7) is 3.46. The molecule has 1 aliphatic carbocycles. The molecule has 2 heterocycles. The minimum absolute atomic E-state index is 0.00705. The van der Waals surface area contributed by atoms with Crippen LogP contribution in [0.1, 0.15) is 59.0 Å². The van der Waals surface area contributed by atoms with Crippen LogP contribution in [-0.4, -0.2) is 52.9 Å². The first kappa shape index (κ1) is 18.1. The lowest BCUT2D eigenvalue weighted by Crippen LogP contribution is -2.47. The minimum Gasteiger partial charge on any atom is -0.337 e. The molecule has 1 fully saturated rings. The molecule has 0 radical (unpaired) electrons. The van der Waals surface area contributed by atoms with Crippen LogP contribution in [0.5, 0.6) is 0 Å². The van der Waals surface area contributed by atoms with Gasteiger partial charge in [-0.1, -0.05) is 24.3 Å². The number of fused-ring (bicyclic) bond motifs is 2. The van der Waals surface area contributed by atoms with Crippen molar-refractivity contribution >= 4 is 5.91 Å². The normalized spacial score (nSPS) is 21.3. The molecule has 5 nitrogen and oxygen atoms in total. The van der Waals surface area contributed by atoms with E-state index in [4.69, 9.17) is 0 Å². The predicted octanol–water partition coefficient (Wildman–Crippen LogP) is 3.36. The molecule has 1 amide bonds. The van der Waals surface area contributed by atoms with E-state index in [1.54, 1.807) is 12.4 Å². The summed E-state index contributed by atoms with van der Waals surface area (Å²) in [5, 5.41) is 0. The van der Waals surface area contributed by atoms with Crippen molar-refractivity contribution in [2.24, 2.45) is 0 Å². The maximum absolute atomic E-state index is 12.8. The van der Waals surface area contributed by atoms with Gasteiger partial charge in [-0.2, -0.15) is 0 Å². The molecule has 2 aromatic rings. The van der Waals surface area contributed by atoms with Gasteiger partial charge in [-0.25, -0.2) is 4.98 Å². The largest absolute Gasteiger partial charge is 0.337 e. The lowest BCUT2D eigenvalue weighted by atomic mass is 9.63. The Balaban J connectivity index is 1.54. The third kappa shape index (κ3) is 3.25. The van der Waals surface area contributed by atoms with Crippen LogP contribution in [0.25, 0.3) is 0 Å². The summed E-state index contributed by atoms with van der Waals surface area (Å²) >= 11 is 0. The molecule has 1 aromatic heterocycles. The predicted molar refractivity (Wildman–Crippen MR) is 106 cm³/mol. The lowest BCUT2D eigenvalue weighted by molar-refractivity contribution is 0.0631. The summed E-state index contributed by atoms with van der Waals surface area (Å²) < 4.78 is 0. The summed E-state index contributed by atoms with van der Waals surface area (Å²) in [5.41, 5.74) is 4.46. The van der Waals surface area contributed by atoms with E-state index in [0.29, 0.717) is 11.7 Å². The number of rotatable bonds is 2. The number of hydrogen-bond donors (Lipinski definition) is 0. The molecule has 0 bridgehead atoms. The Hall–Kier alpha value is -2.27. The van der Waals surface area contributed by atoms with Crippen LogP contribution >= 0.6 is 0 Å². The quantitative estimate of drug-likeness (QED) is 0.820. The molecule has 0 N–H and O–H groups in total. The van der Waals surface area contributed by atoms with Gasteiger partial charge < -0.3 is 9.80 Å². The summed E-state index contributed by atoms with van der Waals surface area (Å²) in [6, 6.07) is 9.42. The van der Waals surface area contributed by atoms with Crippen LogP contribution < -0.4 is 0 Å². The summed E-state index contributed by atoms with van der Waals surface area (Å²) in [7, 11) is 4.34. The molecule has 142 valence electrons. The first-order chi connectivity index (χ1) is 13.0. The van der Waals surface area contributed by atoms with E-state index in [0.717, 1.165) is 31.6 Å². The Morgan fingerprint density at radius 3 is 2.52 bits per heavy atom. The average molecular weight is 364 g/mol. The van der Waals surface area contributed by atoms with Crippen LogP contribution in [0.3, 0.4) is 0 Å². The number of carbonyl (C=O) groups is 1. The van der Waals surface area contributed by atoms with E-state index in [1.165, 1.54) is 24.0 Å². The molecule has 27 heavy (non-hydrogen) atoms. The monoisotopic (exact) mass is 364 g/mol. The summed E-state index contributed by atoms with van der Waals surface area (Å²) in [4.78, 5) is 25.6. The van der Waals surface area contributed by atoms with E-state index in [1.807, 2.05) is 11.8 Å². The molecular weight excluding hydrogens is 336 g/mol. The minimum atomic E-state index is 0.00705. The van der Waals surface area contributed by atoms with Gasteiger partial charge in [0.2, 0.25) is 0 Å². The van der Waals surface area contributed by atoms with Crippen molar-refractivity contribution in [1.82, 2.24) is 19.8 Å². The standard InChI is InChI=1S/C22H28N4O/c1-16-14-24-19(15-23-16)21(27)26-12-10-22(11-13-26)9-8-20(25(2)3)17-6-4-5-7-18(17)22/h4-7,14-15,20H,8-13H2,1-3H3. The van der Waals surface area contributed by atoms with Gasteiger partial charge in [0.05, 0.1) is 11.9 Å². The third-order valence-corrected chi connectivity index (χ3v) is 6.42. The molecule has 1 aromatic carbocycles. The Bertz CT molecular complexity index is 822. The maximum atomic E-state index is 12.8. The highest BCUT2D eigenvalue weighted by atomic mass is 16.2.